The number of phenols is 1. The second-order valence-corrected chi connectivity index (χ2v) is 6.23. The molecule has 0 bridgehead atoms. The first-order chi connectivity index (χ1) is 9.92. The largest absolute Gasteiger partial charge is 0.507 e. The van der Waals surface area contributed by atoms with Gasteiger partial charge in [0, 0.05) is 30.8 Å². The van der Waals surface area contributed by atoms with Gasteiger partial charge in [0.15, 0.2) is 5.78 Å². The highest BCUT2D eigenvalue weighted by Crippen LogP contribution is 2.30. The van der Waals surface area contributed by atoms with E-state index in [1.54, 1.807) is 13.2 Å². The van der Waals surface area contributed by atoms with Crippen LogP contribution in [-0.2, 0) is 11.3 Å². The third-order valence-electron chi connectivity index (χ3n) is 4.20. The number of methoxy groups -OCH3 is 1. The van der Waals surface area contributed by atoms with Crippen LogP contribution in [0.4, 0.5) is 0 Å². The summed E-state index contributed by atoms with van der Waals surface area (Å²) in [6.45, 7) is 5.95. The molecule has 4 nitrogen and oxygen atoms in total. The molecule has 0 spiro atoms. The first-order valence-electron chi connectivity index (χ1n) is 7.19. The van der Waals surface area contributed by atoms with Crippen molar-refractivity contribution in [2.24, 2.45) is 5.92 Å². The molecule has 2 atom stereocenters. The molecule has 1 aromatic carbocycles. The third-order valence-corrected chi connectivity index (χ3v) is 4.42. The number of aromatic hydroxyl groups is 1. The Morgan fingerprint density at radius 2 is 2.24 bits per heavy atom. The highest BCUT2D eigenvalue weighted by Gasteiger charge is 2.26. The van der Waals surface area contributed by atoms with Crippen molar-refractivity contribution in [2.75, 3.05) is 20.2 Å². The minimum atomic E-state index is -0.182. The molecule has 1 N–H and O–H groups in total. The maximum absolute atomic E-state index is 11.6. The van der Waals surface area contributed by atoms with Crippen LogP contribution in [0.25, 0.3) is 0 Å². The first-order valence-corrected chi connectivity index (χ1v) is 7.57. The number of halogens is 1. The number of ether oxygens (including phenoxy) is 1. The van der Waals surface area contributed by atoms with Crippen LogP contribution in [0, 0.1) is 5.92 Å². The topological polar surface area (TPSA) is 49.8 Å². The average molecular weight is 312 g/mol. The molecule has 1 heterocycles. The average Bonchev–Trinajstić information content (AvgIpc) is 2.44. The monoisotopic (exact) mass is 311 g/mol. The van der Waals surface area contributed by atoms with Crippen molar-refractivity contribution in [3.05, 3.63) is 28.3 Å². The Kier molecular flexibility index (Phi) is 5.25. The summed E-state index contributed by atoms with van der Waals surface area (Å²) in [6.07, 6.45) is 1.26. The smallest absolute Gasteiger partial charge is 0.163 e. The fourth-order valence-corrected chi connectivity index (χ4v) is 3.07. The lowest BCUT2D eigenvalue weighted by atomic mass is 9.95. The van der Waals surface area contributed by atoms with Crippen LogP contribution < -0.4 is 0 Å². The van der Waals surface area contributed by atoms with Gasteiger partial charge in [-0.1, -0.05) is 18.5 Å². The van der Waals surface area contributed by atoms with E-state index in [-0.39, 0.29) is 23.2 Å². The summed E-state index contributed by atoms with van der Waals surface area (Å²) in [7, 11) is 1.73. The molecule has 1 aliphatic rings. The van der Waals surface area contributed by atoms with E-state index in [0.717, 1.165) is 19.5 Å². The number of piperidine rings is 1. The zero-order chi connectivity index (χ0) is 15.6. The maximum atomic E-state index is 11.6. The summed E-state index contributed by atoms with van der Waals surface area (Å²) in [4.78, 5) is 13.8. The SMILES string of the molecule is COC1CN(Cc2cc(Cl)cc(C(C)=O)c2O)CCC1C. The van der Waals surface area contributed by atoms with Gasteiger partial charge >= 0.3 is 0 Å². The number of carbonyl (C=O) groups excluding carboxylic acids is 1. The molecular formula is C16H22ClNO3. The van der Waals surface area contributed by atoms with Crippen LogP contribution >= 0.6 is 11.6 Å². The van der Waals surface area contributed by atoms with Gasteiger partial charge in [-0.25, -0.2) is 0 Å². The summed E-state index contributed by atoms with van der Waals surface area (Å²) in [5, 5.41) is 10.7. The van der Waals surface area contributed by atoms with E-state index < -0.39 is 0 Å². The van der Waals surface area contributed by atoms with Crippen LogP contribution in [0.2, 0.25) is 5.02 Å². The van der Waals surface area contributed by atoms with Gasteiger partial charge in [-0.15, -0.1) is 0 Å². The maximum Gasteiger partial charge on any atom is 0.163 e. The predicted octanol–water partition coefficient (Wildman–Crippen LogP) is 3.11. The number of ketones is 1. The van der Waals surface area contributed by atoms with Gasteiger partial charge in [0.2, 0.25) is 0 Å². The molecule has 21 heavy (non-hydrogen) atoms. The lowest BCUT2D eigenvalue weighted by Crippen LogP contribution is -2.43. The fourth-order valence-electron chi connectivity index (χ4n) is 2.83. The molecule has 0 saturated carbocycles. The van der Waals surface area contributed by atoms with Gasteiger partial charge in [0.25, 0.3) is 0 Å². The number of benzene rings is 1. The number of Topliss-reactive ketones (excluding diaryl/α,β-unsaturated/α-hetero) is 1. The minimum Gasteiger partial charge on any atom is -0.507 e. The molecule has 0 aliphatic carbocycles. The van der Waals surface area contributed by atoms with E-state index in [0.29, 0.717) is 23.0 Å². The molecule has 2 rings (SSSR count). The van der Waals surface area contributed by atoms with Gasteiger partial charge in [-0.05, 0) is 37.9 Å². The zero-order valence-corrected chi connectivity index (χ0v) is 13.5. The van der Waals surface area contributed by atoms with Crippen LogP contribution in [0.1, 0.15) is 36.2 Å². The summed E-state index contributed by atoms with van der Waals surface area (Å²) in [5.74, 6) is 0.393. The van der Waals surface area contributed by atoms with Crippen molar-refractivity contribution in [1.82, 2.24) is 4.90 Å². The van der Waals surface area contributed by atoms with Crippen molar-refractivity contribution in [2.45, 2.75) is 32.9 Å². The van der Waals surface area contributed by atoms with Crippen LogP contribution in [0.5, 0.6) is 5.75 Å². The Balaban J connectivity index is 2.18. The van der Waals surface area contributed by atoms with Gasteiger partial charge < -0.3 is 9.84 Å². The number of carbonyl (C=O) groups is 1. The lowest BCUT2D eigenvalue weighted by molar-refractivity contribution is -0.00762. The number of nitrogens with zero attached hydrogens (tertiary/aromatic N) is 1. The van der Waals surface area contributed by atoms with Crippen molar-refractivity contribution in [1.29, 1.82) is 0 Å². The molecular weight excluding hydrogens is 290 g/mol. The summed E-state index contributed by atoms with van der Waals surface area (Å²) < 4.78 is 5.50. The Labute approximate surface area is 130 Å². The Morgan fingerprint density at radius 3 is 2.86 bits per heavy atom. The molecule has 5 heteroatoms. The van der Waals surface area contributed by atoms with E-state index in [9.17, 15) is 9.90 Å². The van der Waals surface area contributed by atoms with Crippen molar-refractivity contribution < 1.29 is 14.6 Å². The van der Waals surface area contributed by atoms with Crippen molar-refractivity contribution in [3.8, 4) is 5.75 Å². The van der Waals surface area contributed by atoms with Crippen molar-refractivity contribution >= 4 is 17.4 Å². The molecule has 2 unspecified atom stereocenters. The van der Waals surface area contributed by atoms with Crippen molar-refractivity contribution in [3.63, 3.8) is 0 Å². The van der Waals surface area contributed by atoms with Gasteiger partial charge in [0.1, 0.15) is 5.75 Å². The zero-order valence-electron chi connectivity index (χ0n) is 12.7. The molecule has 1 aromatic rings. The number of hydrogen-bond donors (Lipinski definition) is 1. The first kappa shape index (κ1) is 16.3. The molecule has 116 valence electrons. The number of phenolic OH excluding ortho intramolecular Hbond substituents is 1. The highest BCUT2D eigenvalue weighted by molar-refractivity contribution is 6.31. The molecule has 0 aromatic heterocycles. The number of rotatable bonds is 4. The van der Waals surface area contributed by atoms with E-state index in [1.807, 2.05) is 0 Å². The molecule has 1 aliphatic heterocycles. The molecule has 1 fully saturated rings. The summed E-state index contributed by atoms with van der Waals surface area (Å²) >= 11 is 6.06. The normalized spacial score (nSPS) is 23.2. The predicted molar refractivity (Wildman–Crippen MR) is 83.0 cm³/mol. The summed E-state index contributed by atoms with van der Waals surface area (Å²) in [5.41, 5.74) is 0.975. The quantitative estimate of drug-likeness (QED) is 0.868. The van der Waals surface area contributed by atoms with Gasteiger partial charge in [-0.3, -0.25) is 9.69 Å². The second-order valence-electron chi connectivity index (χ2n) is 5.79. The second kappa shape index (κ2) is 6.77. The van der Waals surface area contributed by atoms with Gasteiger partial charge in [0.05, 0.1) is 11.7 Å². The Morgan fingerprint density at radius 1 is 1.52 bits per heavy atom. The number of hydrogen-bond acceptors (Lipinski definition) is 4. The molecule has 0 radical (unpaired) electrons. The molecule has 0 amide bonds. The van der Waals surface area contributed by atoms with Crippen LogP contribution in [0.3, 0.4) is 0 Å². The Hall–Kier alpha value is -1.10. The van der Waals surface area contributed by atoms with E-state index in [2.05, 4.69) is 11.8 Å². The van der Waals surface area contributed by atoms with Gasteiger partial charge in [-0.2, -0.15) is 0 Å². The molecule has 1 saturated heterocycles. The van der Waals surface area contributed by atoms with E-state index in [1.165, 1.54) is 13.0 Å². The summed E-state index contributed by atoms with van der Waals surface area (Å²) in [6, 6.07) is 3.24. The van der Waals surface area contributed by atoms with Crippen LogP contribution in [0.15, 0.2) is 12.1 Å². The fraction of sp³-hybridized carbons (Fsp3) is 0.562. The third kappa shape index (κ3) is 3.76. The minimum absolute atomic E-state index is 0.0412. The lowest BCUT2D eigenvalue weighted by Gasteiger charge is -2.36. The van der Waals surface area contributed by atoms with E-state index >= 15 is 0 Å². The Bertz CT molecular complexity index is 532. The van der Waals surface area contributed by atoms with E-state index in [4.69, 9.17) is 16.3 Å². The highest BCUT2D eigenvalue weighted by atomic mass is 35.5. The standard InChI is InChI=1S/C16H22ClNO3/c1-10-4-5-18(9-15(10)21-3)8-12-6-13(17)7-14(11(2)19)16(12)20/h6-7,10,15,20H,4-5,8-9H2,1-3H3. The number of likely N-dealkylation sites (tertiary alicyclic amines) is 1. The van der Waals surface area contributed by atoms with Crippen LogP contribution in [-0.4, -0.2) is 42.1 Å².